The van der Waals surface area contributed by atoms with Crippen LogP contribution in [0.15, 0.2) is 96.5 Å². The van der Waals surface area contributed by atoms with Gasteiger partial charge in [-0.3, -0.25) is 4.79 Å². The number of hydrogen-bond acceptors (Lipinski definition) is 10. The molecule has 0 fully saturated rings. The number of hydrogen-bond donors (Lipinski definition) is 2. The topological polar surface area (TPSA) is 171 Å². The fourth-order valence-electron chi connectivity index (χ4n) is 6.52. The number of amides is 1. The summed E-state index contributed by atoms with van der Waals surface area (Å²) in [6, 6.07) is 26.0. The monoisotopic (exact) mass is 607 g/mol. The third kappa shape index (κ3) is 3.69. The Morgan fingerprint density at radius 2 is 1.72 bits per heavy atom. The molecule has 2 aromatic heterocycles. The molecule has 0 aliphatic carbocycles. The van der Waals surface area contributed by atoms with E-state index in [2.05, 4.69) is 16.4 Å². The van der Waals surface area contributed by atoms with Crippen molar-refractivity contribution >= 4 is 39.3 Å². The first-order valence-electron chi connectivity index (χ1n) is 14.6. The summed E-state index contributed by atoms with van der Waals surface area (Å²) in [4.78, 5) is 26.6. The van der Waals surface area contributed by atoms with Gasteiger partial charge in [-0.15, -0.1) is 5.10 Å². The van der Waals surface area contributed by atoms with Crippen LogP contribution in [0.25, 0.3) is 27.8 Å². The number of fused-ring (bicyclic) bond motifs is 7. The van der Waals surface area contributed by atoms with Crippen LogP contribution in [-0.2, 0) is 16.8 Å². The van der Waals surface area contributed by atoms with E-state index in [4.69, 9.17) is 30.9 Å². The van der Waals surface area contributed by atoms with Gasteiger partial charge in [0, 0.05) is 11.3 Å². The summed E-state index contributed by atoms with van der Waals surface area (Å²) in [6.45, 7) is 2.55. The van der Waals surface area contributed by atoms with Gasteiger partial charge in [-0.25, -0.2) is 14.6 Å². The number of nitriles is 1. The number of nitrogens with two attached hydrogens (primary N) is 2. The summed E-state index contributed by atoms with van der Waals surface area (Å²) in [5, 5.41) is 19.1. The Balaban J connectivity index is 1.35. The lowest BCUT2D eigenvalue weighted by molar-refractivity contribution is -0.121. The molecule has 12 nitrogen and oxygen atoms in total. The second-order valence-electron chi connectivity index (χ2n) is 10.9. The smallest absolute Gasteiger partial charge is 0.248 e. The molecule has 2 aliphatic rings. The lowest BCUT2D eigenvalue weighted by Crippen LogP contribution is -2.46. The number of para-hydroxylation sites is 3. The van der Waals surface area contributed by atoms with Crippen molar-refractivity contribution in [2.75, 3.05) is 17.2 Å². The Morgan fingerprint density at radius 3 is 2.48 bits per heavy atom. The van der Waals surface area contributed by atoms with Gasteiger partial charge in [0.15, 0.2) is 5.75 Å². The summed E-state index contributed by atoms with van der Waals surface area (Å²) >= 11 is 0. The number of ether oxygens (including phenoxy) is 2. The molecule has 0 saturated carbocycles. The summed E-state index contributed by atoms with van der Waals surface area (Å²) in [7, 11) is 0. The molecule has 8 rings (SSSR count). The van der Waals surface area contributed by atoms with Crippen LogP contribution in [0.1, 0.15) is 23.7 Å². The molecule has 1 spiro atoms. The summed E-state index contributed by atoms with van der Waals surface area (Å²) in [6.07, 6.45) is 1.61. The molecular formula is C34H25N9O3. The largest absolute Gasteiger partial charge is 0.494 e. The van der Waals surface area contributed by atoms with E-state index in [1.807, 2.05) is 79.7 Å². The van der Waals surface area contributed by atoms with E-state index < -0.39 is 11.3 Å². The lowest BCUT2D eigenvalue weighted by atomic mass is 9.68. The number of aromatic nitrogens is 5. The molecule has 1 amide bonds. The van der Waals surface area contributed by atoms with Crippen molar-refractivity contribution in [3.63, 3.8) is 0 Å². The van der Waals surface area contributed by atoms with Crippen LogP contribution < -0.4 is 25.8 Å². The number of anilines is 2. The van der Waals surface area contributed by atoms with Crippen molar-refractivity contribution in [1.82, 2.24) is 25.0 Å². The van der Waals surface area contributed by atoms with Crippen LogP contribution in [0, 0.1) is 11.3 Å². The predicted octanol–water partition coefficient (Wildman–Crippen LogP) is 4.26. The standard InChI is InChI=1S/C34H25N9O3/c1-2-45-21-13-11-19(12-14-21)43-20(17-38-41-43)18-42-28-10-6-3-7-22(28)34(33(42)44)23(16-35)32(37)46-31-24(36)15-27-30(29(31)34)40-26-9-5-4-8-25(26)39-27/h3-15,17H,2,18,36-37H2,1H3. The Bertz CT molecular complexity index is 2310. The van der Waals surface area contributed by atoms with Gasteiger partial charge in [-0.2, -0.15) is 5.26 Å². The molecule has 0 radical (unpaired) electrons. The van der Waals surface area contributed by atoms with Gasteiger partial charge in [-0.1, -0.05) is 35.5 Å². The SMILES string of the molecule is CCOc1ccc(-n2nncc2CN2C(=O)C3(C(C#N)=C(N)Oc4c(N)cc5nc6ccccc6nc5c43)c3ccccc32)cc1. The zero-order valence-electron chi connectivity index (χ0n) is 24.5. The van der Waals surface area contributed by atoms with Gasteiger partial charge >= 0.3 is 0 Å². The molecule has 6 aromatic rings. The maximum absolute atomic E-state index is 15.2. The van der Waals surface area contributed by atoms with E-state index in [-0.39, 0.29) is 29.4 Å². The molecule has 12 heteroatoms. The highest BCUT2D eigenvalue weighted by molar-refractivity contribution is 6.16. The van der Waals surface area contributed by atoms with Crippen molar-refractivity contribution in [2.45, 2.75) is 18.9 Å². The first-order chi connectivity index (χ1) is 22.4. The molecule has 4 N–H and O–H groups in total. The molecule has 1 atom stereocenters. The molecule has 0 bridgehead atoms. The number of rotatable bonds is 5. The van der Waals surface area contributed by atoms with E-state index in [1.54, 1.807) is 21.8 Å². The van der Waals surface area contributed by atoms with Crippen molar-refractivity contribution in [1.29, 1.82) is 5.26 Å². The highest BCUT2D eigenvalue weighted by Gasteiger charge is 2.60. The lowest BCUT2D eigenvalue weighted by Gasteiger charge is -2.35. The Hall–Kier alpha value is -6.48. The summed E-state index contributed by atoms with van der Waals surface area (Å²) < 4.78 is 13.3. The maximum atomic E-state index is 15.2. The van der Waals surface area contributed by atoms with Gasteiger partial charge in [0.2, 0.25) is 11.8 Å². The molecule has 224 valence electrons. The van der Waals surface area contributed by atoms with E-state index in [1.165, 1.54) is 0 Å². The van der Waals surface area contributed by atoms with Gasteiger partial charge in [0.05, 0.1) is 64.0 Å². The van der Waals surface area contributed by atoms with Crippen LogP contribution in [0.3, 0.4) is 0 Å². The zero-order chi connectivity index (χ0) is 31.6. The van der Waals surface area contributed by atoms with Gasteiger partial charge in [0.25, 0.3) is 0 Å². The fraction of sp³-hybridized carbons (Fsp3) is 0.118. The van der Waals surface area contributed by atoms with E-state index in [9.17, 15) is 5.26 Å². The van der Waals surface area contributed by atoms with Crippen molar-refractivity contribution in [3.8, 4) is 23.3 Å². The number of nitrogen functional groups attached to an aromatic ring is 1. The molecular weight excluding hydrogens is 582 g/mol. The van der Waals surface area contributed by atoms with Crippen LogP contribution in [0.2, 0.25) is 0 Å². The minimum Gasteiger partial charge on any atom is -0.494 e. The Kier molecular flexibility index (Phi) is 5.91. The second kappa shape index (κ2) is 10.0. The number of carbonyl (C=O) groups excluding carboxylic acids is 1. The van der Waals surface area contributed by atoms with Gasteiger partial charge in [0.1, 0.15) is 22.8 Å². The first-order valence-corrected chi connectivity index (χ1v) is 14.6. The van der Waals surface area contributed by atoms with Crippen LogP contribution in [0.5, 0.6) is 11.5 Å². The molecule has 46 heavy (non-hydrogen) atoms. The van der Waals surface area contributed by atoms with Crippen LogP contribution in [0.4, 0.5) is 11.4 Å². The highest BCUT2D eigenvalue weighted by Crippen LogP contribution is 2.58. The summed E-state index contributed by atoms with van der Waals surface area (Å²) in [5.41, 5.74) is 16.4. The predicted molar refractivity (Wildman–Crippen MR) is 170 cm³/mol. The molecule has 2 aliphatic heterocycles. The normalized spacial score (nSPS) is 16.9. The van der Waals surface area contributed by atoms with E-state index in [0.29, 0.717) is 51.2 Å². The van der Waals surface area contributed by atoms with E-state index >= 15 is 4.79 Å². The number of nitrogens with zero attached hydrogens (tertiary/aromatic N) is 7. The summed E-state index contributed by atoms with van der Waals surface area (Å²) in [5.74, 6) is 0.270. The average Bonchev–Trinajstić information content (AvgIpc) is 3.63. The van der Waals surface area contributed by atoms with Crippen molar-refractivity contribution < 1.29 is 14.3 Å². The molecule has 1 unspecified atom stereocenters. The van der Waals surface area contributed by atoms with E-state index in [0.717, 1.165) is 11.4 Å². The van der Waals surface area contributed by atoms with Crippen LogP contribution in [-0.4, -0.2) is 37.5 Å². The van der Waals surface area contributed by atoms with Crippen molar-refractivity contribution in [3.05, 3.63) is 113 Å². The third-order valence-corrected chi connectivity index (χ3v) is 8.43. The molecule has 0 saturated heterocycles. The zero-order valence-corrected chi connectivity index (χ0v) is 24.5. The number of benzene rings is 4. The van der Waals surface area contributed by atoms with Crippen LogP contribution >= 0.6 is 0 Å². The third-order valence-electron chi connectivity index (χ3n) is 8.43. The minimum absolute atomic E-state index is 0.0556. The fourth-order valence-corrected chi connectivity index (χ4v) is 6.52. The molecule has 4 heterocycles. The van der Waals surface area contributed by atoms with Crippen molar-refractivity contribution in [2.24, 2.45) is 5.73 Å². The minimum atomic E-state index is -1.72. The molecule has 4 aromatic carbocycles. The maximum Gasteiger partial charge on any atom is 0.248 e. The Labute approximate surface area is 262 Å². The van der Waals surface area contributed by atoms with Gasteiger partial charge < -0.3 is 25.8 Å². The first kappa shape index (κ1) is 27.1. The second-order valence-corrected chi connectivity index (χ2v) is 10.9. The Morgan fingerprint density at radius 1 is 0.978 bits per heavy atom. The quantitative estimate of drug-likeness (QED) is 0.213. The van der Waals surface area contributed by atoms with Gasteiger partial charge in [-0.05, 0) is 55.5 Å². The average molecular weight is 608 g/mol. The number of carbonyl (C=O) groups is 1. The highest BCUT2D eigenvalue weighted by atomic mass is 16.5.